The highest BCUT2D eigenvalue weighted by atomic mass is 32.2. The van der Waals surface area contributed by atoms with Crippen molar-refractivity contribution in [1.82, 2.24) is 15.3 Å². The smallest absolute Gasteiger partial charge is 0.263 e. The summed E-state index contributed by atoms with van der Waals surface area (Å²) in [5.41, 5.74) is 1.72. The molecule has 0 spiro atoms. The predicted molar refractivity (Wildman–Crippen MR) is 102 cm³/mol. The third kappa shape index (κ3) is 3.68. The van der Waals surface area contributed by atoms with Gasteiger partial charge in [-0.1, -0.05) is 35.2 Å². The number of carbonyl (C=O) groups excluding carboxylic acids is 2. The van der Waals surface area contributed by atoms with Crippen molar-refractivity contribution in [2.45, 2.75) is 17.2 Å². The van der Waals surface area contributed by atoms with E-state index in [0.717, 1.165) is 33.1 Å². The first-order chi connectivity index (χ1) is 12.2. The van der Waals surface area contributed by atoms with E-state index in [0.29, 0.717) is 16.6 Å². The fourth-order valence-corrected chi connectivity index (χ4v) is 5.30. The van der Waals surface area contributed by atoms with Gasteiger partial charge < -0.3 is 10.6 Å². The van der Waals surface area contributed by atoms with Crippen LogP contribution in [-0.2, 0) is 11.2 Å². The van der Waals surface area contributed by atoms with Crippen molar-refractivity contribution in [2.24, 2.45) is 0 Å². The van der Waals surface area contributed by atoms with Crippen molar-refractivity contribution in [3.8, 4) is 0 Å². The number of carbonyl (C=O) groups is 2. The number of fused-ring (bicyclic) bond motifs is 2. The number of thiazole rings is 2. The number of hydrogen-bond acceptors (Lipinski definition) is 7. The molecule has 2 aromatic heterocycles. The van der Waals surface area contributed by atoms with Crippen molar-refractivity contribution >= 4 is 61.6 Å². The summed E-state index contributed by atoms with van der Waals surface area (Å²) in [4.78, 5) is 33.6. The van der Waals surface area contributed by atoms with Gasteiger partial charge in [0.25, 0.3) is 5.91 Å². The summed E-state index contributed by atoms with van der Waals surface area (Å²) in [6.07, 6.45) is 1.62. The summed E-state index contributed by atoms with van der Waals surface area (Å²) >= 11 is 4.21. The summed E-state index contributed by atoms with van der Waals surface area (Å²) in [6, 6.07) is 7.91. The molecule has 0 fully saturated rings. The van der Waals surface area contributed by atoms with Gasteiger partial charge in [-0.05, 0) is 25.0 Å². The van der Waals surface area contributed by atoms with E-state index in [1.165, 1.54) is 23.1 Å². The van der Waals surface area contributed by atoms with Gasteiger partial charge in [-0.2, -0.15) is 0 Å². The Morgan fingerprint density at radius 2 is 2.16 bits per heavy atom. The van der Waals surface area contributed by atoms with Crippen LogP contribution in [0.4, 0.5) is 5.13 Å². The van der Waals surface area contributed by atoms with Crippen LogP contribution in [0.3, 0.4) is 0 Å². The highest BCUT2D eigenvalue weighted by molar-refractivity contribution is 8.01. The Labute approximate surface area is 156 Å². The van der Waals surface area contributed by atoms with E-state index in [4.69, 9.17) is 0 Å². The Balaban J connectivity index is 1.39. The zero-order chi connectivity index (χ0) is 17.2. The van der Waals surface area contributed by atoms with E-state index < -0.39 is 0 Å². The average molecular weight is 391 g/mol. The van der Waals surface area contributed by atoms with Crippen LogP contribution in [0, 0.1) is 0 Å². The van der Waals surface area contributed by atoms with Crippen LogP contribution in [0.5, 0.6) is 0 Å². The Hall–Kier alpha value is -1.97. The number of thioether (sulfide) groups is 1. The lowest BCUT2D eigenvalue weighted by Crippen LogP contribution is -2.21. The number of anilines is 1. The monoisotopic (exact) mass is 390 g/mol. The SMILES string of the molecule is O=C(CSc1nc2ccccc2s1)Nc1nc2c(s1)C(=O)NCCC2. The molecule has 0 atom stereocenters. The van der Waals surface area contributed by atoms with Gasteiger partial charge in [-0.15, -0.1) is 11.3 Å². The third-order valence-electron chi connectivity index (χ3n) is 3.63. The molecule has 0 unspecified atom stereocenters. The maximum absolute atomic E-state index is 12.2. The van der Waals surface area contributed by atoms with Crippen LogP contribution in [0.25, 0.3) is 10.2 Å². The van der Waals surface area contributed by atoms with E-state index in [1.807, 2.05) is 24.3 Å². The maximum Gasteiger partial charge on any atom is 0.263 e. The number of amides is 2. The van der Waals surface area contributed by atoms with E-state index in [2.05, 4.69) is 20.6 Å². The first kappa shape index (κ1) is 16.5. The second kappa shape index (κ2) is 7.11. The molecule has 0 saturated heterocycles. The minimum atomic E-state index is -0.145. The molecule has 9 heteroatoms. The van der Waals surface area contributed by atoms with Crippen LogP contribution >= 0.6 is 34.4 Å². The molecule has 1 aliphatic heterocycles. The quantitative estimate of drug-likeness (QED) is 0.669. The van der Waals surface area contributed by atoms with Crippen LogP contribution in [0.2, 0.25) is 0 Å². The van der Waals surface area contributed by atoms with Crippen molar-refractivity contribution in [1.29, 1.82) is 0 Å². The molecule has 4 rings (SSSR count). The van der Waals surface area contributed by atoms with Gasteiger partial charge in [0.2, 0.25) is 5.91 Å². The molecule has 1 aliphatic rings. The number of nitrogens with zero attached hydrogens (tertiary/aromatic N) is 2. The van der Waals surface area contributed by atoms with Gasteiger partial charge in [-0.3, -0.25) is 9.59 Å². The Morgan fingerprint density at radius 1 is 1.28 bits per heavy atom. The summed E-state index contributed by atoms with van der Waals surface area (Å²) in [7, 11) is 0. The largest absolute Gasteiger partial charge is 0.351 e. The number of rotatable bonds is 4. The van der Waals surface area contributed by atoms with Crippen LogP contribution in [-0.4, -0.2) is 34.1 Å². The Morgan fingerprint density at radius 3 is 3.04 bits per heavy atom. The second-order valence-electron chi connectivity index (χ2n) is 5.44. The predicted octanol–water partition coefficient (Wildman–Crippen LogP) is 3.16. The molecular weight excluding hydrogens is 376 g/mol. The fourth-order valence-electron chi connectivity index (χ4n) is 2.49. The van der Waals surface area contributed by atoms with Crippen molar-refractivity contribution in [3.63, 3.8) is 0 Å². The second-order valence-corrected chi connectivity index (χ2v) is 8.69. The Kier molecular flexibility index (Phi) is 4.69. The minimum Gasteiger partial charge on any atom is -0.351 e. The lowest BCUT2D eigenvalue weighted by atomic mass is 10.2. The van der Waals surface area contributed by atoms with Gasteiger partial charge in [0, 0.05) is 6.54 Å². The number of aromatic nitrogens is 2. The summed E-state index contributed by atoms with van der Waals surface area (Å²) < 4.78 is 1.98. The fraction of sp³-hybridized carbons (Fsp3) is 0.250. The number of hydrogen-bond donors (Lipinski definition) is 2. The van der Waals surface area contributed by atoms with Crippen LogP contribution in [0.15, 0.2) is 28.6 Å². The zero-order valence-electron chi connectivity index (χ0n) is 13.1. The highest BCUT2D eigenvalue weighted by Gasteiger charge is 2.21. The number of aryl methyl sites for hydroxylation is 1. The lowest BCUT2D eigenvalue weighted by molar-refractivity contribution is -0.113. The number of para-hydroxylation sites is 1. The average Bonchev–Trinajstić information content (AvgIpc) is 3.16. The number of nitrogens with one attached hydrogen (secondary N) is 2. The normalized spacial score (nSPS) is 14.0. The van der Waals surface area contributed by atoms with Crippen LogP contribution in [0.1, 0.15) is 21.8 Å². The van der Waals surface area contributed by atoms with E-state index in [9.17, 15) is 9.59 Å². The molecule has 128 valence electrons. The van der Waals surface area contributed by atoms with E-state index >= 15 is 0 Å². The van der Waals surface area contributed by atoms with Gasteiger partial charge in [-0.25, -0.2) is 9.97 Å². The van der Waals surface area contributed by atoms with Gasteiger partial charge in [0.15, 0.2) is 9.47 Å². The van der Waals surface area contributed by atoms with Gasteiger partial charge in [0.05, 0.1) is 21.7 Å². The molecule has 0 bridgehead atoms. The molecule has 3 aromatic rings. The molecular formula is C16H14N4O2S3. The third-order valence-corrected chi connectivity index (χ3v) is 6.82. The molecule has 0 radical (unpaired) electrons. The summed E-state index contributed by atoms with van der Waals surface area (Å²) in [6.45, 7) is 0.669. The lowest BCUT2D eigenvalue weighted by Gasteiger charge is -2.00. The topological polar surface area (TPSA) is 84.0 Å². The van der Waals surface area contributed by atoms with Gasteiger partial charge in [0.1, 0.15) is 4.88 Å². The standard InChI is InChI=1S/C16H14N4O2S3/c21-12(8-23-16-19-9-4-1-2-6-11(9)24-16)20-15-18-10-5-3-7-17-14(22)13(10)25-15/h1-2,4,6H,3,5,7-8H2,(H,17,22)(H,18,20,21). The first-order valence-corrected chi connectivity index (χ1v) is 10.4. The molecule has 6 nitrogen and oxygen atoms in total. The van der Waals surface area contributed by atoms with Crippen molar-refractivity contribution < 1.29 is 9.59 Å². The summed E-state index contributed by atoms with van der Waals surface area (Å²) in [5, 5.41) is 6.11. The van der Waals surface area contributed by atoms with Crippen LogP contribution < -0.4 is 10.6 Å². The molecule has 2 amide bonds. The van der Waals surface area contributed by atoms with Crippen molar-refractivity contribution in [2.75, 3.05) is 17.6 Å². The first-order valence-electron chi connectivity index (χ1n) is 7.75. The molecule has 2 N–H and O–H groups in total. The molecule has 1 aromatic carbocycles. The zero-order valence-corrected chi connectivity index (χ0v) is 15.5. The molecule has 25 heavy (non-hydrogen) atoms. The maximum atomic E-state index is 12.2. The molecule has 0 saturated carbocycles. The van der Waals surface area contributed by atoms with E-state index in [-0.39, 0.29) is 17.6 Å². The molecule has 0 aliphatic carbocycles. The van der Waals surface area contributed by atoms with Gasteiger partial charge >= 0.3 is 0 Å². The molecule has 3 heterocycles. The van der Waals surface area contributed by atoms with Crippen molar-refractivity contribution in [3.05, 3.63) is 34.8 Å². The highest BCUT2D eigenvalue weighted by Crippen LogP contribution is 2.30. The Bertz CT molecular complexity index is 917. The van der Waals surface area contributed by atoms with E-state index in [1.54, 1.807) is 11.3 Å². The number of benzene rings is 1. The minimum absolute atomic E-state index is 0.102. The summed E-state index contributed by atoms with van der Waals surface area (Å²) in [5.74, 6) is 0.0129.